The Bertz CT molecular complexity index is 501. The Morgan fingerprint density at radius 3 is 2.42 bits per heavy atom. The highest BCUT2D eigenvalue weighted by molar-refractivity contribution is 7.87. The molecule has 2 nitrogen and oxygen atoms in total. The molecule has 1 aromatic carbocycles. The molecule has 19 heavy (non-hydrogen) atoms. The monoisotopic (exact) mass is 278 g/mol. The molecule has 0 aliphatic heterocycles. The van der Waals surface area contributed by atoms with Crippen molar-refractivity contribution < 1.29 is 9.00 Å². The molecule has 2 unspecified atom stereocenters. The molecule has 3 heteroatoms. The van der Waals surface area contributed by atoms with Gasteiger partial charge in [0.1, 0.15) is 0 Å². The lowest BCUT2D eigenvalue weighted by Crippen LogP contribution is -2.29. The molecular formula is C16H22O2S. The SMILES string of the molecule is Cc1ccc(C(=O)C(C)S(=O)C2CCCC2)cc1C. The van der Waals surface area contributed by atoms with Gasteiger partial charge in [0, 0.05) is 21.6 Å². The van der Waals surface area contributed by atoms with Crippen molar-refractivity contribution in [2.75, 3.05) is 0 Å². The molecule has 1 aromatic rings. The highest BCUT2D eigenvalue weighted by Gasteiger charge is 2.29. The van der Waals surface area contributed by atoms with E-state index >= 15 is 0 Å². The van der Waals surface area contributed by atoms with Crippen molar-refractivity contribution >= 4 is 16.6 Å². The smallest absolute Gasteiger partial charge is 0.178 e. The quantitative estimate of drug-likeness (QED) is 0.789. The average molecular weight is 278 g/mol. The van der Waals surface area contributed by atoms with Crippen molar-refractivity contribution in [1.29, 1.82) is 0 Å². The Morgan fingerprint density at radius 1 is 1.21 bits per heavy atom. The second kappa shape index (κ2) is 6.00. The Kier molecular flexibility index (Phi) is 4.56. The molecule has 1 aliphatic rings. The normalized spacial score (nSPS) is 19.3. The fraction of sp³-hybridized carbons (Fsp3) is 0.562. The molecule has 0 aromatic heterocycles. The fourth-order valence-electron chi connectivity index (χ4n) is 2.64. The Hall–Kier alpha value is -0.960. The zero-order valence-electron chi connectivity index (χ0n) is 11.9. The second-order valence-electron chi connectivity index (χ2n) is 5.54. The number of carbonyl (C=O) groups is 1. The maximum Gasteiger partial charge on any atom is 0.178 e. The van der Waals surface area contributed by atoms with Crippen LogP contribution in [0.4, 0.5) is 0 Å². The summed E-state index contributed by atoms with van der Waals surface area (Å²) in [5, 5.41) is -0.157. The lowest BCUT2D eigenvalue weighted by Gasteiger charge is -2.16. The van der Waals surface area contributed by atoms with Gasteiger partial charge < -0.3 is 0 Å². The van der Waals surface area contributed by atoms with E-state index in [1.165, 1.54) is 5.56 Å². The van der Waals surface area contributed by atoms with Gasteiger partial charge in [0.15, 0.2) is 5.78 Å². The van der Waals surface area contributed by atoms with Gasteiger partial charge in [0.25, 0.3) is 0 Å². The van der Waals surface area contributed by atoms with Crippen LogP contribution < -0.4 is 0 Å². The maximum atomic E-state index is 12.4. The van der Waals surface area contributed by atoms with Crippen LogP contribution in [0.2, 0.25) is 0 Å². The first kappa shape index (κ1) is 14.4. The Labute approximate surface area is 118 Å². The van der Waals surface area contributed by atoms with E-state index in [1.54, 1.807) is 0 Å². The van der Waals surface area contributed by atoms with Gasteiger partial charge >= 0.3 is 0 Å². The molecule has 0 bridgehead atoms. The lowest BCUT2D eigenvalue weighted by atomic mass is 10.0. The molecule has 0 saturated heterocycles. The summed E-state index contributed by atoms with van der Waals surface area (Å²) < 4.78 is 12.4. The van der Waals surface area contributed by atoms with Crippen molar-refractivity contribution in [2.24, 2.45) is 0 Å². The zero-order chi connectivity index (χ0) is 14.0. The number of aryl methyl sites for hydroxylation is 2. The van der Waals surface area contributed by atoms with E-state index in [4.69, 9.17) is 0 Å². The van der Waals surface area contributed by atoms with Gasteiger partial charge in [-0.25, -0.2) is 0 Å². The predicted molar refractivity (Wildman–Crippen MR) is 80.1 cm³/mol. The van der Waals surface area contributed by atoms with Crippen LogP contribution in [0.1, 0.15) is 54.1 Å². The van der Waals surface area contributed by atoms with E-state index in [0.717, 1.165) is 31.2 Å². The molecule has 2 rings (SSSR count). The molecule has 104 valence electrons. The van der Waals surface area contributed by atoms with Crippen LogP contribution in [-0.4, -0.2) is 20.5 Å². The Morgan fingerprint density at radius 2 is 1.84 bits per heavy atom. The predicted octanol–water partition coefficient (Wildman–Crippen LogP) is 3.57. The second-order valence-corrected chi connectivity index (χ2v) is 7.57. The van der Waals surface area contributed by atoms with Crippen molar-refractivity contribution in [3.8, 4) is 0 Å². The number of rotatable bonds is 4. The van der Waals surface area contributed by atoms with E-state index in [2.05, 4.69) is 0 Å². The summed E-state index contributed by atoms with van der Waals surface area (Å²) in [6.45, 7) is 5.85. The van der Waals surface area contributed by atoms with Crippen LogP contribution >= 0.6 is 0 Å². The molecule has 0 N–H and O–H groups in total. The number of benzene rings is 1. The summed E-state index contributed by atoms with van der Waals surface area (Å²) >= 11 is 0. The van der Waals surface area contributed by atoms with Crippen molar-refractivity contribution in [1.82, 2.24) is 0 Å². The van der Waals surface area contributed by atoms with Gasteiger partial charge in [-0.3, -0.25) is 9.00 Å². The highest BCUT2D eigenvalue weighted by atomic mass is 32.2. The molecule has 0 radical (unpaired) electrons. The Balaban J connectivity index is 2.13. The van der Waals surface area contributed by atoms with E-state index in [9.17, 15) is 9.00 Å². The topological polar surface area (TPSA) is 34.1 Å². The first-order valence-corrected chi connectivity index (χ1v) is 8.29. The largest absolute Gasteiger partial charge is 0.293 e. The molecule has 1 fully saturated rings. The van der Waals surface area contributed by atoms with Gasteiger partial charge in [-0.05, 0) is 50.8 Å². The third-order valence-electron chi connectivity index (χ3n) is 4.14. The summed E-state index contributed by atoms with van der Waals surface area (Å²) in [5.74, 6) is 0.0216. The molecule has 1 aliphatic carbocycles. The van der Waals surface area contributed by atoms with E-state index in [0.29, 0.717) is 5.56 Å². The first-order chi connectivity index (χ1) is 9.00. The standard InChI is InChI=1S/C16H22O2S/c1-11-8-9-14(10-12(11)2)16(17)13(3)19(18)15-6-4-5-7-15/h8-10,13,15H,4-7H2,1-3H3. The zero-order valence-corrected chi connectivity index (χ0v) is 12.8. The van der Waals surface area contributed by atoms with Crippen LogP contribution in [0.15, 0.2) is 18.2 Å². The highest BCUT2D eigenvalue weighted by Crippen LogP contribution is 2.26. The summed E-state index contributed by atoms with van der Waals surface area (Å²) in [6, 6.07) is 5.74. The molecular weight excluding hydrogens is 256 g/mol. The van der Waals surface area contributed by atoms with Gasteiger partial charge in [-0.15, -0.1) is 0 Å². The van der Waals surface area contributed by atoms with Crippen LogP contribution in [0.5, 0.6) is 0 Å². The number of hydrogen-bond donors (Lipinski definition) is 0. The minimum Gasteiger partial charge on any atom is -0.293 e. The van der Waals surface area contributed by atoms with Crippen LogP contribution in [0, 0.1) is 13.8 Å². The minimum atomic E-state index is -1.03. The van der Waals surface area contributed by atoms with Crippen molar-refractivity contribution in [3.05, 3.63) is 34.9 Å². The van der Waals surface area contributed by atoms with Crippen LogP contribution in [0.25, 0.3) is 0 Å². The molecule has 1 saturated carbocycles. The third-order valence-corrected chi connectivity index (χ3v) is 6.18. The van der Waals surface area contributed by atoms with Crippen LogP contribution in [-0.2, 0) is 10.8 Å². The van der Waals surface area contributed by atoms with Gasteiger partial charge in [0.2, 0.25) is 0 Å². The summed E-state index contributed by atoms with van der Waals surface area (Å²) in [6.07, 6.45) is 4.33. The van der Waals surface area contributed by atoms with Crippen molar-refractivity contribution in [3.63, 3.8) is 0 Å². The van der Waals surface area contributed by atoms with Crippen LogP contribution in [0.3, 0.4) is 0 Å². The molecule has 2 atom stereocenters. The first-order valence-electron chi connectivity index (χ1n) is 7.01. The summed E-state index contributed by atoms with van der Waals surface area (Å²) in [4.78, 5) is 12.4. The summed E-state index contributed by atoms with van der Waals surface area (Å²) in [5.41, 5.74) is 2.99. The number of Topliss-reactive ketones (excluding diaryl/α,β-unsaturated/α-hetero) is 1. The van der Waals surface area contributed by atoms with E-state index in [-0.39, 0.29) is 16.3 Å². The number of ketones is 1. The molecule has 0 heterocycles. The van der Waals surface area contributed by atoms with E-state index < -0.39 is 10.8 Å². The van der Waals surface area contributed by atoms with Gasteiger partial charge in [-0.2, -0.15) is 0 Å². The third kappa shape index (κ3) is 3.14. The minimum absolute atomic E-state index is 0.0216. The van der Waals surface area contributed by atoms with Gasteiger partial charge in [-0.1, -0.05) is 25.0 Å². The maximum absolute atomic E-state index is 12.4. The fourth-order valence-corrected chi connectivity index (χ4v) is 4.37. The summed E-state index contributed by atoms with van der Waals surface area (Å²) in [7, 11) is -1.03. The van der Waals surface area contributed by atoms with Crippen molar-refractivity contribution in [2.45, 2.75) is 57.0 Å². The lowest BCUT2D eigenvalue weighted by molar-refractivity contribution is 0.0992. The number of carbonyl (C=O) groups excluding carboxylic acids is 1. The molecule has 0 spiro atoms. The van der Waals surface area contributed by atoms with E-state index in [1.807, 2.05) is 39.0 Å². The van der Waals surface area contributed by atoms with Gasteiger partial charge in [0.05, 0.1) is 5.25 Å². The average Bonchev–Trinajstić information content (AvgIpc) is 2.93. The molecule has 0 amide bonds. The number of hydrogen-bond acceptors (Lipinski definition) is 2.